The normalized spacial score (nSPS) is 16.3. The Hall–Kier alpha value is -2.73. The van der Waals surface area contributed by atoms with E-state index < -0.39 is 66.1 Å². The van der Waals surface area contributed by atoms with Crippen LogP contribution in [0.3, 0.4) is 0 Å². The molecule has 0 aromatic heterocycles. The number of primary amides is 1. The SMILES string of the molecule is CCC(C)C(N)C(=O)NC(CCCCN)C(=O)NC(CC(N)=O)C(=O)NC(C(=O)O)C(C)CC. The fraction of sp³-hybridized carbons (Fsp3) is 0.773. The molecule has 34 heavy (non-hydrogen) atoms. The summed E-state index contributed by atoms with van der Waals surface area (Å²) in [5.74, 6) is -4.69. The van der Waals surface area contributed by atoms with Gasteiger partial charge in [0, 0.05) is 0 Å². The van der Waals surface area contributed by atoms with Gasteiger partial charge in [0.25, 0.3) is 0 Å². The Balaban J connectivity index is 5.60. The molecule has 0 aromatic rings. The molecule has 10 N–H and O–H groups in total. The molecule has 0 bridgehead atoms. The van der Waals surface area contributed by atoms with E-state index in [4.69, 9.17) is 17.2 Å². The first-order chi connectivity index (χ1) is 15.9. The summed E-state index contributed by atoms with van der Waals surface area (Å²) in [7, 11) is 0. The van der Waals surface area contributed by atoms with Crippen molar-refractivity contribution in [1.29, 1.82) is 0 Å². The average molecular weight is 487 g/mol. The van der Waals surface area contributed by atoms with E-state index in [1.807, 2.05) is 13.8 Å². The minimum Gasteiger partial charge on any atom is -0.480 e. The molecule has 0 aliphatic carbocycles. The maximum atomic E-state index is 13.0. The number of carboxylic acid groups (broad SMARTS) is 1. The largest absolute Gasteiger partial charge is 0.480 e. The number of carbonyl (C=O) groups excluding carboxylic acids is 4. The maximum absolute atomic E-state index is 13.0. The molecule has 0 saturated heterocycles. The number of unbranched alkanes of at least 4 members (excludes halogenated alkanes) is 1. The number of aliphatic carboxylic acids is 1. The lowest BCUT2D eigenvalue weighted by Gasteiger charge is -2.26. The van der Waals surface area contributed by atoms with E-state index in [2.05, 4.69) is 16.0 Å². The van der Waals surface area contributed by atoms with Crippen LogP contribution in [-0.4, -0.2) is 65.4 Å². The van der Waals surface area contributed by atoms with Crippen LogP contribution in [0.25, 0.3) is 0 Å². The van der Waals surface area contributed by atoms with Gasteiger partial charge in [-0.25, -0.2) is 4.79 Å². The molecule has 12 nitrogen and oxygen atoms in total. The van der Waals surface area contributed by atoms with Crippen molar-refractivity contribution in [3.8, 4) is 0 Å². The number of hydrogen-bond donors (Lipinski definition) is 7. The van der Waals surface area contributed by atoms with Crippen LogP contribution in [0, 0.1) is 11.8 Å². The third kappa shape index (κ3) is 10.9. The summed E-state index contributed by atoms with van der Waals surface area (Å²) in [5.41, 5.74) is 16.7. The minimum absolute atomic E-state index is 0.116. The molecule has 0 aromatic carbocycles. The smallest absolute Gasteiger partial charge is 0.326 e. The molecule has 0 rings (SSSR count). The predicted octanol–water partition coefficient (Wildman–Crippen LogP) is -1.05. The lowest BCUT2D eigenvalue weighted by molar-refractivity contribution is -0.144. The van der Waals surface area contributed by atoms with E-state index in [1.165, 1.54) is 0 Å². The molecule has 0 aliphatic heterocycles. The number of rotatable bonds is 17. The Morgan fingerprint density at radius 3 is 1.82 bits per heavy atom. The second-order valence-electron chi connectivity index (χ2n) is 8.70. The number of carboxylic acids is 1. The monoisotopic (exact) mass is 486 g/mol. The molecule has 4 amide bonds. The van der Waals surface area contributed by atoms with Crippen LogP contribution in [0.15, 0.2) is 0 Å². The van der Waals surface area contributed by atoms with Crippen LogP contribution in [0.5, 0.6) is 0 Å². The lowest BCUT2D eigenvalue weighted by atomic mass is 9.98. The van der Waals surface area contributed by atoms with E-state index in [9.17, 15) is 29.1 Å². The molecule has 0 aliphatic rings. The molecule has 0 spiro atoms. The molecule has 12 heteroatoms. The van der Waals surface area contributed by atoms with Crippen molar-refractivity contribution in [2.24, 2.45) is 29.0 Å². The Bertz CT molecular complexity index is 703. The van der Waals surface area contributed by atoms with E-state index in [0.717, 1.165) is 0 Å². The van der Waals surface area contributed by atoms with Crippen molar-refractivity contribution >= 4 is 29.6 Å². The van der Waals surface area contributed by atoms with E-state index in [0.29, 0.717) is 32.2 Å². The summed E-state index contributed by atoms with van der Waals surface area (Å²) >= 11 is 0. The highest BCUT2D eigenvalue weighted by atomic mass is 16.4. The van der Waals surface area contributed by atoms with Gasteiger partial charge in [0.15, 0.2) is 0 Å². The fourth-order valence-corrected chi connectivity index (χ4v) is 3.16. The van der Waals surface area contributed by atoms with Gasteiger partial charge in [0.1, 0.15) is 18.1 Å². The van der Waals surface area contributed by atoms with Crippen molar-refractivity contribution in [2.75, 3.05) is 6.54 Å². The number of hydrogen-bond acceptors (Lipinski definition) is 7. The van der Waals surface area contributed by atoms with Crippen LogP contribution >= 0.6 is 0 Å². The van der Waals surface area contributed by atoms with Gasteiger partial charge in [-0.2, -0.15) is 0 Å². The van der Waals surface area contributed by atoms with E-state index in [1.54, 1.807) is 13.8 Å². The molecule has 0 fully saturated rings. The van der Waals surface area contributed by atoms with Crippen molar-refractivity contribution < 1.29 is 29.1 Å². The van der Waals surface area contributed by atoms with Gasteiger partial charge >= 0.3 is 5.97 Å². The van der Waals surface area contributed by atoms with Crippen molar-refractivity contribution in [3.63, 3.8) is 0 Å². The number of carbonyl (C=O) groups is 5. The second-order valence-corrected chi connectivity index (χ2v) is 8.70. The highest BCUT2D eigenvalue weighted by Crippen LogP contribution is 2.10. The molecule has 196 valence electrons. The fourth-order valence-electron chi connectivity index (χ4n) is 3.16. The summed E-state index contributed by atoms with van der Waals surface area (Å²) in [6.45, 7) is 7.53. The third-order valence-electron chi connectivity index (χ3n) is 5.95. The Labute approximate surface area is 201 Å². The van der Waals surface area contributed by atoms with Gasteiger partial charge in [-0.1, -0.05) is 40.5 Å². The van der Waals surface area contributed by atoms with Crippen LogP contribution in [-0.2, 0) is 24.0 Å². The first kappa shape index (κ1) is 31.3. The number of amides is 4. The van der Waals surface area contributed by atoms with Crippen molar-refractivity contribution in [1.82, 2.24) is 16.0 Å². The predicted molar refractivity (Wildman–Crippen MR) is 127 cm³/mol. The van der Waals surface area contributed by atoms with Crippen LogP contribution in [0.4, 0.5) is 0 Å². The van der Waals surface area contributed by atoms with Gasteiger partial charge in [-0.3, -0.25) is 19.2 Å². The summed E-state index contributed by atoms with van der Waals surface area (Å²) in [6.07, 6.45) is 1.97. The Morgan fingerprint density at radius 1 is 0.824 bits per heavy atom. The van der Waals surface area contributed by atoms with Crippen LogP contribution < -0.4 is 33.2 Å². The Morgan fingerprint density at radius 2 is 1.35 bits per heavy atom. The van der Waals surface area contributed by atoms with Gasteiger partial charge in [0.05, 0.1) is 12.5 Å². The molecule has 0 saturated carbocycles. The quantitative estimate of drug-likeness (QED) is 0.125. The van der Waals surface area contributed by atoms with Crippen molar-refractivity contribution in [3.05, 3.63) is 0 Å². The van der Waals surface area contributed by atoms with Crippen LogP contribution in [0.2, 0.25) is 0 Å². The van der Waals surface area contributed by atoms with Gasteiger partial charge < -0.3 is 38.3 Å². The van der Waals surface area contributed by atoms with Crippen molar-refractivity contribution in [2.45, 2.75) is 90.4 Å². The topological polar surface area (TPSA) is 220 Å². The Kier molecular flexibility index (Phi) is 14.7. The lowest BCUT2D eigenvalue weighted by Crippen LogP contribution is -2.58. The first-order valence-corrected chi connectivity index (χ1v) is 11.8. The van der Waals surface area contributed by atoms with E-state index in [-0.39, 0.29) is 12.3 Å². The second kappa shape index (κ2) is 16.0. The zero-order valence-corrected chi connectivity index (χ0v) is 20.6. The molecule has 6 atom stereocenters. The summed E-state index contributed by atoms with van der Waals surface area (Å²) in [6, 6.07) is -4.47. The summed E-state index contributed by atoms with van der Waals surface area (Å²) in [4.78, 5) is 61.4. The molecule has 0 radical (unpaired) electrons. The van der Waals surface area contributed by atoms with Crippen LogP contribution in [0.1, 0.15) is 66.2 Å². The molecule has 6 unspecified atom stereocenters. The molecular formula is C22H42N6O6. The molecular weight excluding hydrogens is 444 g/mol. The van der Waals surface area contributed by atoms with E-state index >= 15 is 0 Å². The van der Waals surface area contributed by atoms with Gasteiger partial charge in [-0.15, -0.1) is 0 Å². The minimum atomic E-state index is -1.41. The van der Waals surface area contributed by atoms with Gasteiger partial charge in [-0.05, 0) is 37.6 Å². The van der Waals surface area contributed by atoms with Gasteiger partial charge in [0.2, 0.25) is 23.6 Å². The zero-order valence-electron chi connectivity index (χ0n) is 20.6. The summed E-state index contributed by atoms with van der Waals surface area (Å²) in [5, 5.41) is 16.8. The summed E-state index contributed by atoms with van der Waals surface area (Å²) < 4.78 is 0. The highest BCUT2D eigenvalue weighted by molar-refractivity contribution is 5.96. The first-order valence-electron chi connectivity index (χ1n) is 11.8. The highest BCUT2D eigenvalue weighted by Gasteiger charge is 2.33. The standard InChI is InChI=1S/C22H42N6O6/c1-5-12(3)17(25)21(32)26-14(9-7-8-10-23)19(30)27-15(11-16(24)29)20(31)28-18(22(33)34)13(4)6-2/h12-15,17-18H,5-11,23,25H2,1-4H3,(H2,24,29)(H,26,32)(H,27,30)(H,28,31)(H,33,34). The molecule has 0 heterocycles. The maximum Gasteiger partial charge on any atom is 0.326 e. The number of nitrogens with one attached hydrogen (secondary N) is 3. The number of nitrogens with two attached hydrogens (primary N) is 3. The zero-order chi connectivity index (χ0) is 26.4. The average Bonchev–Trinajstić information content (AvgIpc) is 2.78. The third-order valence-corrected chi connectivity index (χ3v) is 5.95.